The van der Waals surface area contributed by atoms with Crippen molar-refractivity contribution in [2.45, 2.75) is 19.1 Å². The number of fused-ring (bicyclic) bond motifs is 1. The summed E-state index contributed by atoms with van der Waals surface area (Å²) in [6.07, 6.45) is 8.92. The molecule has 1 heterocycles. The molecular formula is C10H12S. The largest absolute Gasteiger partial charge is 0.118 e. The molecule has 0 saturated carbocycles. The van der Waals surface area contributed by atoms with Gasteiger partial charge in [-0.15, -0.1) is 11.8 Å². The molecule has 1 aliphatic heterocycles. The van der Waals surface area contributed by atoms with Gasteiger partial charge in [0.05, 0.1) is 0 Å². The quantitative estimate of drug-likeness (QED) is 0.573. The zero-order valence-corrected chi connectivity index (χ0v) is 7.69. The van der Waals surface area contributed by atoms with Crippen molar-refractivity contribution in [3.63, 3.8) is 0 Å². The molecule has 1 atom stereocenters. The molecular weight excluding hydrogens is 152 g/mol. The van der Waals surface area contributed by atoms with Gasteiger partial charge in [-0.3, -0.25) is 0 Å². The Labute approximate surface area is 72.1 Å². The highest BCUT2D eigenvalue weighted by molar-refractivity contribution is 8.04. The third kappa shape index (κ3) is 1.18. The van der Waals surface area contributed by atoms with E-state index in [1.807, 2.05) is 11.8 Å². The van der Waals surface area contributed by atoms with Gasteiger partial charge in [0.1, 0.15) is 0 Å². The van der Waals surface area contributed by atoms with Crippen molar-refractivity contribution in [2.75, 3.05) is 0 Å². The van der Waals surface area contributed by atoms with E-state index in [-0.39, 0.29) is 0 Å². The first-order valence-corrected chi connectivity index (χ1v) is 4.92. The summed E-state index contributed by atoms with van der Waals surface area (Å²) in [4.78, 5) is 1.46. The van der Waals surface area contributed by atoms with Gasteiger partial charge in [-0.05, 0) is 17.6 Å². The molecule has 58 valence electrons. The SMILES string of the molecule is CC(C)C1C=C2C=CC=C2S1. The van der Waals surface area contributed by atoms with E-state index >= 15 is 0 Å². The Morgan fingerprint density at radius 3 is 2.91 bits per heavy atom. The molecule has 0 aromatic heterocycles. The topological polar surface area (TPSA) is 0 Å². The van der Waals surface area contributed by atoms with Gasteiger partial charge in [0, 0.05) is 10.2 Å². The van der Waals surface area contributed by atoms with Crippen LogP contribution in [0.3, 0.4) is 0 Å². The predicted octanol–water partition coefficient (Wildman–Crippen LogP) is 3.14. The number of hydrogen-bond donors (Lipinski definition) is 0. The normalized spacial score (nSPS) is 27.4. The Kier molecular flexibility index (Phi) is 1.68. The second kappa shape index (κ2) is 2.56. The molecule has 1 unspecified atom stereocenters. The van der Waals surface area contributed by atoms with Crippen LogP contribution in [0, 0.1) is 5.92 Å². The third-order valence-corrected chi connectivity index (χ3v) is 3.65. The van der Waals surface area contributed by atoms with Crippen molar-refractivity contribution >= 4 is 11.8 Å². The fourth-order valence-corrected chi connectivity index (χ4v) is 2.56. The van der Waals surface area contributed by atoms with E-state index in [4.69, 9.17) is 0 Å². The smallest absolute Gasteiger partial charge is 0.0306 e. The van der Waals surface area contributed by atoms with E-state index in [0.717, 1.165) is 5.92 Å². The summed E-state index contributed by atoms with van der Waals surface area (Å²) < 4.78 is 0. The Balaban J connectivity index is 2.21. The maximum absolute atomic E-state index is 2.38. The molecule has 2 aliphatic rings. The Hall–Kier alpha value is -0.430. The zero-order chi connectivity index (χ0) is 7.84. The number of allylic oxidation sites excluding steroid dienone is 4. The molecule has 0 bridgehead atoms. The maximum Gasteiger partial charge on any atom is 0.0306 e. The van der Waals surface area contributed by atoms with E-state index < -0.39 is 0 Å². The van der Waals surface area contributed by atoms with E-state index in [1.54, 1.807) is 0 Å². The zero-order valence-electron chi connectivity index (χ0n) is 6.87. The van der Waals surface area contributed by atoms with Gasteiger partial charge >= 0.3 is 0 Å². The predicted molar refractivity (Wildman–Crippen MR) is 51.5 cm³/mol. The second-order valence-corrected chi connectivity index (χ2v) is 4.56. The van der Waals surface area contributed by atoms with Crippen molar-refractivity contribution in [3.8, 4) is 0 Å². The standard InChI is InChI=1S/C10H12S/c1-7(2)10-6-8-4-3-5-9(8)11-10/h3-7,10H,1-2H3. The van der Waals surface area contributed by atoms with Crippen molar-refractivity contribution < 1.29 is 0 Å². The van der Waals surface area contributed by atoms with Gasteiger partial charge in [-0.2, -0.15) is 0 Å². The lowest BCUT2D eigenvalue weighted by Crippen LogP contribution is -2.03. The minimum absolute atomic E-state index is 0.709. The Morgan fingerprint density at radius 2 is 2.27 bits per heavy atom. The van der Waals surface area contributed by atoms with Crippen molar-refractivity contribution in [2.24, 2.45) is 5.92 Å². The molecule has 1 aliphatic carbocycles. The van der Waals surface area contributed by atoms with Gasteiger partial charge in [-0.1, -0.05) is 32.1 Å². The first kappa shape index (κ1) is 7.23. The highest BCUT2D eigenvalue weighted by atomic mass is 32.2. The lowest BCUT2D eigenvalue weighted by molar-refractivity contribution is 0.681. The molecule has 0 fully saturated rings. The summed E-state index contributed by atoms with van der Waals surface area (Å²) in [5.74, 6) is 0.757. The Morgan fingerprint density at radius 1 is 1.45 bits per heavy atom. The monoisotopic (exact) mass is 164 g/mol. The molecule has 11 heavy (non-hydrogen) atoms. The Bertz CT molecular complexity index is 256. The fourth-order valence-electron chi connectivity index (χ4n) is 1.35. The highest BCUT2D eigenvalue weighted by Crippen LogP contribution is 2.42. The van der Waals surface area contributed by atoms with Crippen LogP contribution in [0.2, 0.25) is 0 Å². The molecule has 1 heteroatoms. The van der Waals surface area contributed by atoms with Crippen LogP contribution in [0.25, 0.3) is 0 Å². The molecule has 2 rings (SSSR count). The molecule has 0 spiro atoms. The van der Waals surface area contributed by atoms with Gasteiger partial charge in [-0.25, -0.2) is 0 Å². The molecule has 0 aromatic carbocycles. The van der Waals surface area contributed by atoms with Gasteiger partial charge in [0.15, 0.2) is 0 Å². The molecule has 0 aromatic rings. The molecule has 0 radical (unpaired) electrons. The van der Waals surface area contributed by atoms with Crippen LogP contribution in [0.1, 0.15) is 13.8 Å². The van der Waals surface area contributed by atoms with E-state index in [2.05, 4.69) is 38.2 Å². The number of thioether (sulfide) groups is 1. The summed E-state index contributed by atoms with van der Waals surface area (Å²) in [6, 6.07) is 0. The lowest BCUT2D eigenvalue weighted by Gasteiger charge is -2.09. The molecule has 0 N–H and O–H groups in total. The summed E-state index contributed by atoms with van der Waals surface area (Å²) in [6.45, 7) is 4.56. The van der Waals surface area contributed by atoms with Crippen molar-refractivity contribution in [3.05, 3.63) is 34.8 Å². The highest BCUT2D eigenvalue weighted by Gasteiger charge is 2.23. The summed E-state index contributed by atoms with van der Waals surface area (Å²) in [5, 5.41) is 0.709. The van der Waals surface area contributed by atoms with Crippen LogP contribution >= 0.6 is 11.8 Å². The fraction of sp³-hybridized carbons (Fsp3) is 0.400. The van der Waals surface area contributed by atoms with Crippen LogP contribution in [0.5, 0.6) is 0 Å². The first-order chi connectivity index (χ1) is 5.27. The second-order valence-electron chi connectivity index (χ2n) is 3.34. The van der Waals surface area contributed by atoms with Crippen LogP contribution in [-0.4, -0.2) is 5.25 Å². The number of hydrogen-bond acceptors (Lipinski definition) is 1. The summed E-state index contributed by atoms with van der Waals surface area (Å²) in [5.41, 5.74) is 1.44. The average molecular weight is 164 g/mol. The minimum Gasteiger partial charge on any atom is -0.118 e. The maximum atomic E-state index is 2.38. The van der Waals surface area contributed by atoms with Crippen LogP contribution in [-0.2, 0) is 0 Å². The molecule has 0 nitrogen and oxygen atoms in total. The van der Waals surface area contributed by atoms with Crippen LogP contribution in [0.15, 0.2) is 34.8 Å². The average Bonchev–Trinajstić information content (AvgIpc) is 2.40. The summed E-state index contributed by atoms with van der Waals surface area (Å²) in [7, 11) is 0. The van der Waals surface area contributed by atoms with E-state index in [1.165, 1.54) is 10.5 Å². The van der Waals surface area contributed by atoms with Gasteiger partial charge in [0.2, 0.25) is 0 Å². The lowest BCUT2D eigenvalue weighted by atomic mass is 10.1. The summed E-state index contributed by atoms with van der Waals surface area (Å²) >= 11 is 2.00. The van der Waals surface area contributed by atoms with Crippen molar-refractivity contribution in [1.82, 2.24) is 0 Å². The first-order valence-electron chi connectivity index (χ1n) is 4.04. The molecule has 0 amide bonds. The van der Waals surface area contributed by atoms with Gasteiger partial charge < -0.3 is 0 Å². The van der Waals surface area contributed by atoms with E-state index in [9.17, 15) is 0 Å². The van der Waals surface area contributed by atoms with E-state index in [0.29, 0.717) is 5.25 Å². The molecule has 0 saturated heterocycles. The van der Waals surface area contributed by atoms with Crippen molar-refractivity contribution in [1.29, 1.82) is 0 Å². The van der Waals surface area contributed by atoms with Crippen LogP contribution < -0.4 is 0 Å². The minimum atomic E-state index is 0.709. The van der Waals surface area contributed by atoms with Gasteiger partial charge in [0.25, 0.3) is 0 Å². The van der Waals surface area contributed by atoms with Crippen LogP contribution in [0.4, 0.5) is 0 Å². The number of rotatable bonds is 1. The third-order valence-electron chi connectivity index (χ3n) is 2.07.